The third kappa shape index (κ3) is 10.1. The molecule has 1 heterocycles. The van der Waals surface area contributed by atoms with Crippen molar-refractivity contribution in [2.24, 2.45) is 11.8 Å². The second-order valence-electron chi connectivity index (χ2n) is 8.51. The van der Waals surface area contributed by atoms with Crippen LogP contribution in [0.4, 0.5) is 0 Å². The van der Waals surface area contributed by atoms with Crippen LogP contribution in [-0.2, 0) is 14.3 Å². The van der Waals surface area contributed by atoms with Gasteiger partial charge in [-0.15, -0.1) is 6.58 Å². The quantitative estimate of drug-likeness (QED) is 0.543. The molecule has 1 rings (SSSR count). The van der Waals surface area contributed by atoms with Crippen molar-refractivity contribution in [1.82, 2.24) is 4.90 Å². The fourth-order valence-corrected chi connectivity index (χ4v) is 3.63. The van der Waals surface area contributed by atoms with Crippen LogP contribution in [0.5, 0.6) is 0 Å². The molecule has 6 atom stereocenters. The van der Waals surface area contributed by atoms with Crippen molar-refractivity contribution in [3.05, 3.63) is 12.7 Å². The molecule has 0 spiro atoms. The van der Waals surface area contributed by atoms with Crippen LogP contribution in [0.25, 0.3) is 0 Å². The van der Waals surface area contributed by atoms with Gasteiger partial charge in [0.2, 0.25) is 0 Å². The van der Waals surface area contributed by atoms with Crippen molar-refractivity contribution in [1.29, 1.82) is 0 Å². The highest BCUT2D eigenvalue weighted by Crippen LogP contribution is 2.23. The van der Waals surface area contributed by atoms with E-state index in [9.17, 15) is 15.0 Å². The Bertz CT molecular complexity index is 468. The van der Waals surface area contributed by atoms with Gasteiger partial charge in [-0.1, -0.05) is 40.2 Å². The molecular weight excluding hydrogens is 370 g/mol. The number of hydrogen-bond acceptors (Lipinski definition) is 6. The van der Waals surface area contributed by atoms with E-state index in [2.05, 4.69) is 13.5 Å². The number of carbonyl (C=O) groups is 1. The van der Waals surface area contributed by atoms with E-state index in [1.165, 1.54) is 6.92 Å². The van der Waals surface area contributed by atoms with Gasteiger partial charge in [0, 0.05) is 12.6 Å². The molecule has 1 fully saturated rings. The van der Waals surface area contributed by atoms with E-state index in [4.69, 9.17) is 9.47 Å². The van der Waals surface area contributed by atoms with E-state index in [1.54, 1.807) is 6.08 Å². The molecule has 2 N–H and O–H groups in total. The number of aliphatic hydroxyl groups excluding tert-OH is 1. The number of carbonyl (C=O) groups excluding carboxylic acids is 1. The Balaban J connectivity index is 0.00000379. The second-order valence-corrected chi connectivity index (χ2v) is 8.51. The average molecular weight is 416 g/mol. The van der Waals surface area contributed by atoms with Gasteiger partial charge in [0.15, 0.2) is 0 Å². The van der Waals surface area contributed by atoms with Gasteiger partial charge in [-0.25, -0.2) is 0 Å². The Morgan fingerprint density at radius 2 is 1.93 bits per heavy atom. The maximum atomic E-state index is 12.2. The van der Waals surface area contributed by atoms with Crippen LogP contribution < -0.4 is 0 Å². The number of cyclic esters (lactones) is 1. The van der Waals surface area contributed by atoms with Gasteiger partial charge >= 0.3 is 5.97 Å². The molecule has 0 aliphatic carbocycles. The van der Waals surface area contributed by atoms with Crippen molar-refractivity contribution in [2.75, 3.05) is 26.8 Å². The third-order valence-electron chi connectivity index (χ3n) is 5.58. The van der Waals surface area contributed by atoms with E-state index >= 15 is 0 Å². The Kier molecular flexibility index (Phi) is 13.7. The van der Waals surface area contributed by atoms with Crippen molar-refractivity contribution in [3.8, 4) is 0 Å². The molecule has 6 nitrogen and oxygen atoms in total. The molecule has 29 heavy (non-hydrogen) atoms. The molecule has 0 aromatic rings. The maximum absolute atomic E-state index is 12.2. The molecule has 3 unspecified atom stereocenters. The smallest absolute Gasteiger partial charge is 0.308 e. The Labute approximate surface area is 178 Å². The first kappa shape index (κ1) is 28.1. The number of likely N-dealkylation sites (N-methyl/N-ethyl adjacent to an activating group) is 1. The average Bonchev–Trinajstić information content (AvgIpc) is 2.69. The molecule has 172 valence electrons. The number of ether oxygens (including phenoxy) is 2. The van der Waals surface area contributed by atoms with Gasteiger partial charge in [0.1, 0.15) is 18.3 Å². The summed E-state index contributed by atoms with van der Waals surface area (Å²) in [6, 6.07) is -0.281. The predicted molar refractivity (Wildman–Crippen MR) is 118 cm³/mol. The van der Waals surface area contributed by atoms with Gasteiger partial charge in [-0.2, -0.15) is 0 Å². The monoisotopic (exact) mass is 415 g/mol. The zero-order chi connectivity index (χ0) is 22.6. The normalized spacial score (nSPS) is 36.0. The van der Waals surface area contributed by atoms with E-state index in [1.807, 2.05) is 39.6 Å². The summed E-state index contributed by atoms with van der Waals surface area (Å²) in [6.07, 6.45) is 4.20. The first-order valence-corrected chi connectivity index (χ1v) is 11.1. The van der Waals surface area contributed by atoms with Crippen LogP contribution in [-0.4, -0.2) is 71.7 Å². The Morgan fingerprint density at radius 1 is 1.31 bits per heavy atom. The first-order chi connectivity index (χ1) is 13.6. The lowest BCUT2D eigenvalue weighted by Gasteiger charge is -2.38. The summed E-state index contributed by atoms with van der Waals surface area (Å²) in [5.74, 6) is -0.222. The molecule has 0 aromatic heterocycles. The molecule has 6 heteroatoms. The van der Waals surface area contributed by atoms with Gasteiger partial charge in [-0.05, 0) is 46.1 Å². The lowest BCUT2D eigenvalue weighted by molar-refractivity contribution is -0.166. The lowest BCUT2D eigenvalue weighted by Crippen LogP contribution is -2.55. The van der Waals surface area contributed by atoms with E-state index in [0.29, 0.717) is 18.9 Å². The second kappa shape index (κ2) is 14.1. The zero-order valence-electron chi connectivity index (χ0n) is 19.7. The summed E-state index contributed by atoms with van der Waals surface area (Å²) in [4.78, 5) is 14.3. The summed E-state index contributed by atoms with van der Waals surface area (Å²) in [6.45, 7) is 16.2. The molecule has 0 aromatic carbocycles. The lowest BCUT2D eigenvalue weighted by atomic mass is 9.93. The van der Waals surface area contributed by atoms with Gasteiger partial charge < -0.3 is 24.6 Å². The van der Waals surface area contributed by atoms with Crippen molar-refractivity contribution in [2.45, 2.75) is 91.1 Å². The van der Waals surface area contributed by atoms with E-state index in [-0.39, 0.29) is 30.6 Å². The van der Waals surface area contributed by atoms with Crippen LogP contribution in [0.1, 0.15) is 67.2 Å². The Morgan fingerprint density at radius 3 is 2.52 bits per heavy atom. The molecule has 0 bridgehead atoms. The predicted octanol–water partition coefficient (Wildman–Crippen LogP) is 3.41. The molecule has 1 aliphatic heterocycles. The number of hydrogen-bond donors (Lipinski definition) is 2. The van der Waals surface area contributed by atoms with Crippen LogP contribution in [0.2, 0.25) is 0 Å². The van der Waals surface area contributed by atoms with Crippen LogP contribution >= 0.6 is 0 Å². The van der Waals surface area contributed by atoms with Gasteiger partial charge in [-0.3, -0.25) is 4.79 Å². The molecule has 0 saturated carbocycles. The first-order valence-electron chi connectivity index (χ1n) is 11.1. The number of aliphatic hydroxyl groups is 2. The van der Waals surface area contributed by atoms with E-state index in [0.717, 1.165) is 25.8 Å². The molecule has 0 radical (unpaired) electrons. The summed E-state index contributed by atoms with van der Waals surface area (Å²) >= 11 is 0. The topological polar surface area (TPSA) is 79.2 Å². The fraction of sp³-hybridized carbons (Fsp3) is 0.870. The highest BCUT2D eigenvalue weighted by atomic mass is 16.5. The van der Waals surface area contributed by atoms with E-state index < -0.39 is 11.7 Å². The molecular formula is C23H45NO5. The summed E-state index contributed by atoms with van der Waals surface area (Å²) < 4.78 is 11.2. The SMILES string of the molecule is C=CCOC1CCCC(C)C(=O)OC[C@@](C)(O)[C@H](O)C(C)N(C)C[C@H](C)C1.CC. The third-order valence-corrected chi connectivity index (χ3v) is 5.58. The van der Waals surface area contributed by atoms with Gasteiger partial charge in [0.25, 0.3) is 0 Å². The highest BCUT2D eigenvalue weighted by Gasteiger charge is 2.38. The minimum Gasteiger partial charge on any atom is -0.462 e. The summed E-state index contributed by atoms with van der Waals surface area (Å²) in [5, 5.41) is 21.3. The number of esters is 1. The molecule has 0 amide bonds. The van der Waals surface area contributed by atoms with Crippen molar-refractivity contribution in [3.63, 3.8) is 0 Å². The minimum absolute atomic E-state index is 0.114. The number of rotatable bonds is 3. The molecule has 1 saturated heterocycles. The standard InChI is InChI=1S/C21H39NO5.C2H6/c1-7-11-26-18-10-8-9-16(3)20(24)27-14-21(5,25)19(23)17(4)22(6)13-15(2)12-18;1-2/h7,15-19,23,25H,1,8-14H2,2-6H3;1-2H3/t15-,16?,17?,18?,19-,21-;/m1./s1. The van der Waals surface area contributed by atoms with Crippen molar-refractivity contribution >= 4 is 5.97 Å². The minimum atomic E-state index is -1.50. The van der Waals surface area contributed by atoms with Crippen molar-refractivity contribution < 1.29 is 24.5 Å². The van der Waals surface area contributed by atoms with Crippen LogP contribution in [0.3, 0.4) is 0 Å². The molecule has 1 aliphatic rings. The van der Waals surface area contributed by atoms with Gasteiger partial charge in [0.05, 0.1) is 18.6 Å². The number of nitrogens with zero attached hydrogens (tertiary/aromatic N) is 1. The van der Waals surface area contributed by atoms with Crippen LogP contribution in [0.15, 0.2) is 12.7 Å². The largest absolute Gasteiger partial charge is 0.462 e. The highest BCUT2D eigenvalue weighted by molar-refractivity contribution is 5.71. The Hall–Kier alpha value is -0.950. The van der Waals surface area contributed by atoms with Crippen LogP contribution in [0, 0.1) is 11.8 Å². The fourth-order valence-electron chi connectivity index (χ4n) is 3.63. The summed E-state index contributed by atoms with van der Waals surface area (Å²) in [7, 11) is 1.94. The zero-order valence-corrected chi connectivity index (χ0v) is 19.7. The maximum Gasteiger partial charge on any atom is 0.308 e. The summed E-state index contributed by atoms with van der Waals surface area (Å²) in [5.41, 5.74) is -1.50.